The van der Waals surface area contributed by atoms with E-state index in [0.29, 0.717) is 6.42 Å². The number of hydrogen-bond acceptors (Lipinski definition) is 3. The van der Waals surface area contributed by atoms with Crippen molar-refractivity contribution in [3.8, 4) is 0 Å². The number of thiophene rings is 1. The number of carbonyl (C=O) groups is 2. The second-order valence-corrected chi connectivity index (χ2v) is 4.32. The Morgan fingerprint density at radius 3 is 3.08 bits per heavy atom. The first-order chi connectivity index (χ1) is 6.20. The lowest BCUT2D eigenvalue weighted by molar-refractivity contribution is -0.119. The third kappa shape index (κ3) is 1.33. The van der Waals surface area contributed by atoms with Gasteiger partial charge in [-0.1, -0.05) is 0 Å². The standard InChI is InChI=1S/C10H10O2S/c1-6(11)7-2-3-9-8(10(7)12)4-5-13-9/h4-5,7H,2-3H2,1H3. The molecule has 0 saturated heterocycles. The summed E-state index contributed by atoms with van der Waals surface area (Å²) in [5.41, 5.74) is 0.774. The molecule has 1 atom stereocenters. The SMILES string of the molecule is CC(=O)C1CCc2sccc2C1=O. The van der Waals surface area contributed by atoms with Crippen molar-refractivity contribution >= 4 is 22.9 Å². The molecule has 0 aliphatic heterocycles. The average molecular weight is 194 g/mol. The molecule has 2 nitrogen and oxygen atoms in total. The first kappa shape index (κ1) is 8.63. The van der Waals surface area contributed by atoms with Crippen LogP contribution in [-0.4, -0.2) is 11.6 Å². The highest BCUT2D eigenvalue weighted by molar-refractivity contribution is 7.10. The van der Waals surface area contributed by atoms with Gasteiger partial charge in [0.25, 0.3) is 0 Å². The van der Waals surface area contributed by atoms with Crippen molar-refractivity contribution in [1.29, 1.82) is 0 Å². The zero-order valence-electron chi connectivity index (χ0n) is 7.37. The second kappa shape index (κ2) is 3.07. The minimum Gasteiger partial charge on any atom is -0.299 e. The molecular weight excluding hydrogens is 184 g/mol. The zero-order valence-corrected chi connectivity index (χ0v) is 8.19. The van der Waals surface area contributed by atoms with Crippen LogP contribution in [-0.2, 0) is 11.2 Å². The second-order valence-electron chi connectivity index (χ2n) is 3.32. The summed E-state index contributed by atoms with van der Waals surface area (Å²) < 4.78 is 0. The average Bonchev–Trinajstić information content (AvgIpc) is 2.52. The van der Waals surface area contributed by atoms with Gasteiger partial charge >= 0.3 is 0 Å². The van der Waals surface area contributed by atoms with Gasteiger partial charge in [-0.05, 0) is 31.2 Å². The highest BCUT2D eigenvalue weighted by atomic mass is 32.1. The van der Waals surface area contributed by atoms with Gasteiger partial charge in [0.1, 0.15) is 5.78 Å². The first-order valence-corrected chi connectivity index (χ1v) is 5.19. The number of ketones is 2. The van der Waals surface area contributed by atoms with Crippen LogP contribution in [0.2, 0.25) is 0 Å². The van der Waals surface area contributed by atoms with Gasteiger partial charge in [0, 0.05) is 10.4 Å². The number of Topliss-reactive ketones (excluding diaryl/α,β-unsaturated/α-hetero) is 2. The van der Waals surface area contributed by atoms with Crippen LogP contribution in [0.15, 0.2) is 11.4 Å². The van der Waals surface area contributed by atoms with Gasteiger partial charge in [-0.15, -0.1) is 11.3 Å². The van der Waals surface area contributed by atoms with Crippen LogP contribution in [0.5, 0.6) is 0 Å². The fraction of sp³-hybridized carbons (Fsp3) is 0.400. The fourth-order valence-electron chi connectivity index (χ4n) is 1.74. The van der Waals surface area contributed by atoms with E-state index >= 15 is 0 Å². The number of fused-ring (bicyclic) bond motifs is 1. The molecule has 0 spiro atoms. The molecule has 2 rings (SSSR count). The van der Waals surface area contributed by atoms with Gasteiger partial charge in [0.05, 0.1) is 5.92 Å². The summed E-state index contributed by atoms with van der Waals surface area (Å²) >= 11 is 1.61. The fourth-order valence-corrected chi connectivity index (χ4v) is 2.64. The largest absolute Gasteiger partial charge is 0.299 e. The minimum atomic E-state index is -0.373. The number of hydrogen-bond donors (Lipinski definition) is 0. The van der Waals surface area contributed by atoms with E-state index in [-0.39, 0.29) is 17.5 Å². The summed E-state index contributed by atoms with van der Waals surface area (Å²) in [6.07, 6.45) is 1.57. The summed E-state index contributed by atoms with van der Waals surface area (Å²) in [6.45, 7) is 1.50. The Morgan fingerprint density at radius 1 is 1.62 bits per heavy atom. The van der Waals surface area contributed by atoms with E-state index in [1.54, 1.807) is 11.3 Å². The molecule has 0 bridgehead atoms. The summed E-state index contributed by atoms with van der Waals surface area (Å²) in [7, 11) is 0. The number of rotatable bonds is 1. The van der Waals surface area contributed by atoms with Crippen LogP contribution >= 0.6 is 11.3 Å². The maximum absolute atomic E-state index is 11.7. The lowest BCUT2D eigenvalue weighted by atomic mass is 9.85. The van der Waals surface area contributed by atoms with Crippen molar-refractivity contribution in [3.05, 3.63) is 21.9 Å². The Morgan fingerprint density at radius 2 is 2.38 bits per heavy atom. The smallest absolute Gasteiger partial charge is 0.174 e. The van der Waals surface area contributed by atoms with Crippen molar-refractivity contribution in [2.45, 2.75) is 19.8 Å². The van der Waals surface area contributed by atoms with E-state index in [2.05, 4.69) is 0 Å². The van der Waals surface area contributed by atoms with Crippen LogP contribution in [0.25, 0.3) is 0 Å². The molecule has 0 aromatic carbocycles. The van der Waals surface area contributed by atoms with E-state index < -0.39 is 0 Å². The Hall–Kier alpha value is -0.960. The Bertz CT molecular complexity index is 365. The molecule has 3 heteroatoms. The molecule has 0 fully saturated rings. The normalized spacial score (nSPS) is 21.3. The van der Waals surface area contributed by atoms with E-state index in [9.17, 15) is 9.59 Å². The Kier molecular flexibility index (Phi) is 2.04. The molecule has 68 valence electrons. The monoisotopic (exact) mass is 194 g/mol. The third-order valence-corrected chi connectivity index (χ3v) is 3.46. The van der Waals surface area contributed by atoms with E-state index in [1.165, 1.54) is 6.92 Å². The quantitative estimate of drug-likeness (QED) is 0.641. The molecule has 0 amide bonds. The molecule has 1 heterocycles. The number of aryl methyl sites for hydroxylation is 1. The maximum Gasteiger partial charge on any atom is 0.174 e. The highest BCUT2D eigenvalue weighted by Gasteiger charge is 2.30. The summed E-state index contributed by atoms with van der Waals surface area (Å²) in [5, 5.41) is 1.92. The van der Waals surface area contributed by atoms with Crippen molar-refractivity contribution in [1.82, 2.24) is 0 Å². The van der Waals surface area contributed by atoms with Crippen molar-refractivity contribution in [2.75, 3.05) is 0 Å². The predicted molar refractivity (Wildman–Crippen MR) is 51.1 cm³/mol. The molecular formula is C10H10O2S. The summed E-state index contributed by atoms with van der Waals surface area (Å²) in [6, 6.07) is 1.83. The van der Waals surface area contributed by atoms with E-state index in [0.717, 1.165) is 16.9 Å². The van der Waals surface area contributed by atoms with Crippen LogP contribution in [0.3, 0.4) is 0 Å². The van der Waals surface area contributed by atoms with Gasteiger partial charge in [0.2, 0.25) is 0 Å². The van der Waals surface area contributed by atoms with Gasteiger partial charge in [-0.25, -0.2) is 0 Å². The van der Waals surface area contributed by atoms with Gasteiger partial charge < -0.3 is 0 Å². The Balaban J connectivity index is 2.38. The van der Waals surface area contributed by atoms with Crippen LogP contribution in [0.4, 0.5) is 0 Å². The van der Waals surface area contributed by atoms with Crippen LogP contribution < -0.4 is 0 Å². The molecule has 1 aliphatic carbocycles. The van der Waals surface area contributed by atoms with Gasteiger partial charge in [0.15, 0.2) is 5.78 Å². The first-order valence-electron chi connectivity index (χ1n) is 4.31. The van der Waals surface area contributed by atoms with Crippen LogP contribution in [0.1, 0.15) is 28.6 Å². The van der Waals surface area contributed by atoms with Gasteiger partial charge in [-0.3, -0.25) is 9.59 Å². The topological polar surface area (TPSA) is 34.1 Å². The van der Waals surface area contributed by atoms with Crippen LogP contribution in [0, 0.1) is 5.92 Å². The predicted octanol–water partition coefficient (Wildman–Crippen LogP) is 2.08. The number of carbonyl (C=O) groups excluding carboxylic acids is 2. The molecule has 0 radical (unpaired) electrons. The molecule has 1 aromatic rings. The Labute approximate surface area is 80.6 Å². The molecule has 13 heavy (non-hydrogen) atoms. The highest BCUT2D eigenvalue weighted by Crippen LogP contribution is 2.29. The molecule has 1 unspecified atom stereocenters. The third-order valence-electron chi connectivity index (χ3n) is 2.48. The van der Waals surface area contributed by atoms with Crippen molar-refractivity contribution < 1.29 is 9.59 Å². The van der Waals surface area contributed by atoms with Crippen molar-refractivity contribution in [2.24, 2.45) is 5.92 Å². The lowest BCUT2D eigenvalue weighted by Gasteiger charge is -2.17. The molecule has 0 saturated carbocycles. The van der Waals surface area contributed by atoms with Gasteiger partial charge in [-0.2, -0.15) is 0 Å². The maximum atomic E-state index is 11.7. The molecule has 1 aromatic heterocycles. The van der Waals surface area contributed by atoms with Crippen molar-refractivity contribution in [3.63, 3.8) is 0 Å². The summed E-state index contributed by atoms with van der Waals surface area (Å²) in [4.78, 5) is 24.0. The summed E-state index contributed by atoms with van der Waals surface area (Å²) in [5.74, 6) is -0.348. The minimum absolute atomic E-state index is 0.00171. The van der Waals surface area contributed by atoms with E-state index in [1.807, 2.05) is 11.4 Å². The molecule has 1 aliphatic rings. The van der Waals surface area contributed by atoms with E-state index in [4.69, 9.17) is 0 Å². The zero-order chi connectivity index (χ0) is 9.42. The lowest BCUT2D eigenvalue weighted by Crippen LogP contribution is -2.26. The molecule has 0 N–H and O–H groups in total.